The molecule has 0 saturated heterocycles. The topological polar surface area (TPSA) is 104 Å². The number of carbonyl (C=O) groups excluding carboxylic acids is 1. The number of anilines is 1. The molecule has 8 rings (SSSR count). The summed E-state index contributed by atoms with van der Waals surface area (Å²) in [6, 6.07) is 21.6. The van der Waals surface area contributed by atoms with E-state index >= 15 is 0 Å². The Labute approximate surface area is 265 Å². The molecule has 0 aliphatic carbocycles. The molecule has 0 fully saturated rings. The minimum absolute atomic E-state index is 0.0986. The van der Waals surface area contributed by atoms with Crippen molar-refractivity contribution in [2.24, 2.45) is 0 Å². The standard InChI is InChI=1S/C33H25N5O5S2/c1-40-22-13-27(23-15-29(43-28(23)14-22)24-16-38-32(35-24)45-33(36-38)41-2)42-17-19-8-9-20-10-11-37(26(20)12-19)31(39)25-18-44-30(34-25)21-6-4-3-5-7-21/h3-9,12-16,18H,10-11,17H2,1-2H3. The number of aromatic nitrogens is 4. The van der Waals surface area contributed by atoms with E-state index < -0.39 is 0 Å². The Morgan fingerprint density at radius 1 is 1.02 bits per heavy atom. The first-order chi connectivity index (χ1) is 22.1. The lowest BCUT2D eigenvalue weighted by Gasteiger charge is -2.17. The molecule has 0 radical (unpaired) electrons. The van der Waals surface area contributed by atoms with E-state index in [1.807, 2.05) is 70.9 Å². The van der Waals surface area contributed by atoms with E-state index in [0.29, 0.717) is 50.9 Å². The molecule has 12 heteroatoms. The van der Waals surface area contributed by atoms with E-state index in [2.05, 4.69) is 21.1 Å². The van der Waals surface area contributed by atoms with Gasteiger partial charge >= 0.3 is 0 Å². The fraction of sp³-hybridized carbons (Fsp3) is 0.152. The smallest absolute Gasteiger partial charge is 0.294 e. The predicted octanol–water partition coefficient (Wildman–Crippen LogP) is 7.13. The van der Waals surface area contributed by atoms with E-state index in [4.69, 9.17) is 18.6 Å². The fourth-order valence-corrected chi connectivity index (χ4v) is 6.94. The molecule has 3 aromatic carbocycles. The molecule has 0 bridgehead atoms. The van der Waals surface area contributed by atoms with Crippen molar-refractivity contribution in [3.05, 3.63) is 95.1 Å². The quantitative estimate of drug-likeness (QED) is 0.174. The van der Waals surface area contributed by atoms with Crippen molar-refractivity contribution in [2.45, 2.75) is 13.0 Å². The SMILES string of the molecule is COc1cc(OCc2ccc3c(c2)N(C(=O)c2csc(-c4ccccc4)n2)CC3)c2cc(-c3cn4nc(OC)sc4n3)oc2c1. The Balaban J connectivity index is 1.04. The number of ether oxygens (including phenoxy) is 3. The van der Waals surface area contributed by atoms with Gasteiger partial charge in [0.25, 0.3) is 11.1 Å². The number of methoxy groups -OCH3 is 2. The van der Waals surface area contributed by atoms with Crippen molar-refractivity contribution in [1.82, 2.24) is 19.6 Å². The van der Waals surface area contributed by atoms with Crippen LogP contribution in [0.4, 0.5) is 5.69 Å². The molecular weight excluding hydrogens is 611 g/mol. The summed E-state index contributed by atoms with van der Waals surface area (Å²) < 4.78 is 24.9. The van der Waals surface area contributed by atoms with Crippen molar-refractivity contribution in [3.63, 3.8) is 0 Å². The number of hydrogen-bond donors (Lipinski definition) is 0. The number of amides is 1. The fourth-order valence-electron chi connectivity index (χ4n) is 5.44. The zero-order chi connectivity index (χ0) is 30.5. The van der Waals surface area contributed by atoms with Gasteiger partial charge in [0.15, 0.2) is 5.76 Å². The van der Waals surface area contributed by atoms with Crippen LogP contribution in [-0.4, -0.2) is 46.3 Å². The van der Waals surface area contributed by atoms with Gasteiger partial charge in [-0.1, -0.05) is 42.5 Å². The van der Waals surface area contributed by atoms with Gasteiger partial charge in [0.05, 0.1) is 25.8 Å². The average molecular weight is 636 g/mol. The number of rotatable bonds is 8. The third kappa shape index (κ3) is 4.97. The summed E-state index contributed by atoms with van der Waals surface area (Å²) in [5.74, 6) is 1.71. The van der Waals surface area contributed by atoms with Crippen LogP contribution in [0.5, 0.6) is 16.7 Å². The number of imidazole rings is 1. The number of benzene rings is 3. The Morgan fingerprint density at radius 3 is 2.73 bits per heavy atom. The lowest BCUT2D eigenvalue weighted by molar-refractivity contribution is 0.0985. The van der Waals surface area contributed by atoms with Gasteiger partial charge in [-0.05, 0) is 41.0 Å². The average Bonchev–Trinajstić information content (AvgIpc) is 3.90. The number of hydrogen-bond acceptors (Lipinski definition) is 10. The molecule has 10 nitrogen and oxygen atoms in total. The van der Waals surface area contributed by atoms with Gasteiger partial charge in [0.1, 0.15) is 40.1 Å². The first kappa shape index (κ1) is 27.4. The Hall–Kier alpha value is -5.20. The van der Waals surface area contributed by atoms with Crippen LogP contribution < -0.4 is 19.1 Å². The normalized spacial score (nSPS) is 12.6. The molecule has 5 heterocycles. The highest BCUT2D eigenvalue weighted by Gasteiger charge is 2.28. The maximum Gasteiger partial charge on any atom is 0.294 e. The van der Waals surface area contributed by atoms with Crippen molar-refractivity contribution in [3.8, 4) is 38.7 Å². The lowest BCUT2D eigenvalue weighted by Crippen LogP contribution is -2.29. The van der Waals surface area contributed by atoms with Gasteiger partial charge in [-0.2, -0.15) is 0 Å². The molecule has 0 atom stereocenters. The van der Waals surface area contributed by atoms with Crippen LogP contribution in [0.15, 0.2) is 82.7 Å². The van der Waals surface area contributed by atoms with E-state index in [9.17, 15) is 4.79 Å². The van der Waals surface area contributed by atoms with Crippen LogP contribution in [0.2, 0.25) is 0 Å². The highest BCUT2D eigenvalue weighted by molar-refractivity contribution is 7.18. The predicted molar refractivity (Wildman–Crippen MR) is 173 cm³/mol. The first-order valence-corrected chi connectivity index (χ1v) is 15.9. The molecule has 1 aliphatic rings. The third-order valence-corrected chi connectivity index (χ3v) is 9.46. The zero-order valence-corrected chi connectivity index (χ0v) is 25.9. The van der Waals surface area contributed by atoms with Gasteiger partial charge < -0.3 is 23.5 Å². The van der Waals surface area contributed by atoms with Gasteiger partial charge in [-0.25, -0.2) is 14.5 Å². The van der Waals surface area contributed by atoms with Crippen molar-refractivity contribution < 1.29 is 23.4 Å². The molecule has 224 valence electrons. The van der Waals surface area contributed by atoms with E-state index in [1.54, 1.807) is 24.9 Å². The van der Waals surface area contributed by atoms with Crippen LogP contribution in [0.1, 0.15) is 21.6 Å². The second-order valence-electron chi connectivity index (χ2n) is 10.4. The van der Waals surface area contributed by atoms with E-state index in [1.165, 1.54) is 22.7 Å². The molecule has 0 saturated carbocycles. The number of thiazole rings is 1. The lowest BCUT2D eigenvalue weighted by atomic mass is 10.1. The molecule has 1 aliphatic heterocycles. The summed E-state index contributed by atoms with van der Waals surface area (Å²) in [5, 5.41) is 8.34. The van der Waals surface area contributed by atoms with Crippen molar-refractivity contribution in [1.29, 1.82) is 0 Å². The van der Waals surface area contributed by atoms with Gasteiger partial charge in [-0.15, -0.1) is 16.4 Å². The second-order valence-corrected chi connectivity index (χ2v) is 12.2. The minimum Gasteiger partial charge on any atom is -0.496 e. The van der Waals surface area contributed by atoms with E-state index in [0.717, 1.165) is 39.2 Å². The van der Waals surface area contributed by atoms with Crippen LogP contribution in [0, 0.1) is 0 Å². The molecule has 1 amide bonds. The van der Waals surface area contributed by atoms with Gasteiger partial charge in [0.2, 0.25) is 4.96 Å². The Bertz CT molecular complexity index is 2170. The summed E-state index contributed by atoms with van der Waals surface area (Å²) in [7, 11) is 3.18. The highest BCUT2D eigenvalue weighted by Crippen LogP contribution is 2.38. The highest BCUT2D eigenvalue weighted by atomic mass is 32.1. The van der Waals surface area contributed by atoms with Crippen LogP contribution >= 0.6 is 22.7 Å². The van der Waals surface area contributed by atoms with Gasteiger partial charge in [0, 0.05) is 35.3 Å². The molecule has 0 unspecified atom stereocenters. The maximum atomic E-state index is 13.6. The third-order valence-electron chi connectivity index (χ3n) is 7.69. The summed E-state index contributed by atoms with van der Waals surface area (Å²) in [6.45, 7) is 0.899. The Morgan fingerprint density at radius 2 is 1.91 bits per heavy atom. The van der Waals surface area contributed by atoms with Crippen LogP contribution in [-0.2, 0) is 13.0 Å². The molecular formula is C33H25N5O5S2. The molecule has 4 aromatic heterocycles. The summed E-state index contributed by atoms with van der Waals surface area (Å²) >= 11 is 2.83. The summed E-state index contributed by atoms with van der Waals surface area (Å²) in [6.07, 6.45) is 2.59. The van der Waals surface area contributed by atoms with Crippen molar-refractivity contribution >= 4 is 50.2 Å². The first-order valence-electron chi connectivity index (χ1n) is 14.2. The largest absolute Gasteiger partial charge is 0.496 e. The molecule has 45 heavy (non-hydrogen) atoms. The molecule has 0 N–H and O–H groups in total. The number of fused-ring (bicyclic) bond motifs is 3. The van der Waals surface area contributed by atoms with E-state index in [-0.39, 0.29) is 12.5 Å². The second kappa shape index (κ2) is 11.1. The minimum atomic E-state index is -0.0986. The zero-order valence-electron chi connectivity index (χ0n) is 24.2. The number of furan rings is 1. The number of nitrogens with zero attached hydrogens (tertiary/aromatic N) is 5. The van der Waals surface area contributed by atoms with Crippen LogP contribution in [0.3, 0.4) is 0 Å². The van der Waals surface area contributed by atoms with Crippen molar-refractivity contribution in [2.75, 3.05) is 25.7 Å². The maximum absolute atomic E-state index is 13.6. The summed E-state index contributed by atoms with van der Waals surface area (Å²) in [4.78, 5) is 25.4. The monoisotopic (exact) mass is 635 g/mol. The summed E-state index contributed by atoms with van der Waals surface area (Å²) in [5.41, 5.74) is 5.67. The number of carbonyl (C=O) groups is 1. The van der Waals surface area contributed by atoms with Crippen LogP contribution in [0.25, 0.3) is 38.0 Å². The van der Waals surface area contributed by atoms with Gasteiger partial charge in [-0.3, -0.25) is 4.79 Å². The Kier molecular flexibility index (Phi) is 6.72. The molecule has 0 spiro atoms. The molecule has 7 aromatic rings.